The summed E-state index contributed by atoms with van der Waals surface area (Å²) in [5.74, 6) is -1.19. The number of aliphatic hydroxyl groups is 1. The fourth-order valence-electron chi connectivity index (χ4n) is 3.18. The Morgan fingerprint density at radius 3 is 1.92 bits per heavy atom. The van der Waals surface area contributed by atoms with Gasteiger partial charge in [0.15, 0.2) is 5.60 Å². The second-order valence-electron chi connectivity index (χ2n) is 6.08. The molecule has 5 nitrogen and oxygen atoms in total. The maximum atomic E-state index is 13.2. The molecule has 24 heavy (non-hydrogen) atoms. The van der Waals surface area contributed by atoms with E-state index in [-0.39, 0.29) is 12.5 Å². The van der Waals surface area contributed by atoms with E-state index < -0.39 is 17.4 Å². The molecular formula is C19H20N2O3. The zero-order valence-corrected chi connectivity index (χ0v) is 13.3. The SMILES string of the molecule is NC(=O)C1CCN(C(=O)C(O)(c2ccccc2)c2ccccc2)C1. The lowest BCUT2D eigenvalue weighted by Crippen LogP contribution is -2.47. The van der Waals surface area contributed by atoms with E-state index in [4.69, 9.17) is 5.73 Å². The van der Waals surface area contributed by atoms with Gasteiger partial charge in [0, 0.05) is 13.1 Å². The van der Waals surface area contributed by atoms with E-state index in [2.05, 4.69) is 0 Å². The summed E-state index contributed by atoms with van der Waals surface area (Å²) in [6.07, 6.45) is 0.529. The first-order valence-corrected chi connectivity index (χ1v) is 7.95. The predicted octanol–water partition coefficient (Wildman–Crippen LogP) is 1.26. The maximum Gasteiger partial charge on any atom is 0.264 e. The minimum Gasteiger partial charge on any atom is -0.372 e. The Balaban J connectivity index is 2.00. The third-order valence-electron chi connectivity index (χ3n) is 4.57. The lowest BCUT2D eigenvalue weighted by atomic mass is 9.85. The van der Waals surface area contributed by atoms with E-state index in [1.54, 1.807) is 48.5 Å². The second kappa shape index (κ2) is 6.45. The van der Waals surface area contributed by atoms with E-state index in [9.17, 15) is 14.7 Å². The van der Waals surface area contributed by atoms with Crippen LogP contribution in [0.25, 0.3) is 0 Å². The monoisotopic (exact) mass is 324 g/mol. The van der Waals surface area contributed by atoms with Crippen molar-refractivity contribution in [2.75, 3.05) is 13.1 Å². The summed E-state index contributed by atoms with van der Waals surface area (Å²) in [5.41, 5.74) is 4.58. The Kier molecular flexibility index (Phi) is 4.36. The van der Waals surface area contributed by atoms with Crippen molar-refractivity contribution in [3.63, 3.8) is 0 Å². The van der Waals surface area contributed by atoms with Crippen molar-refractivity contribution < 1.29 is 14.7 Å². The largest absolute Gasteiger partial charge is 0.372 e. The third-order valence-corrected chi connectivity index (χ3v) is 4.57. The zero-order valence-electron chi connectivity index (χ0n) is 13.3. The summed E-state index contributed by atoms with van der Waals surface area (Å²) in [6.45, 7) is 0.657. The molecule has 2 aromatic rings. The first-order valence-electron chi connectivity index (χ1n) is 7.95. The molecule has 124 valence electrons. The number of carbonyl (C=O) groups excluding carboxylic acids is 2. The number of primary amides is 1. The van der Waals surface area contributed by atoms with Crippen LogP contribution in [0.4, 0.5) is 0 Å². The minimum absolute atomic E-state index is 0.246. The van der Waals surface area contributed by atoms with Crippen LogP contribution in [0.3, 0.4) is 0 Å². The zero-order chi connectivity index (χ0) is 17.2. The quantitative estimate of drug-likeness (QED) is 0.888. The van der Waals surface area contributed by atoms with Crippen LogP contribution in [0.2, 0.25) is 0 Å². The van der Waals surface area contributed by atoms with Crippen LogP contribution in [0, 0.1) is 5.92 Å². The van der Waals surface area contributed by atoms with E-state index in [1.165, 1.54) is 4.90 Å². The Labute approximate surface area is 140 Å². The van der Waals surface area contributed by atoms with Crippen molar-refractivity contribution in [2.45, 2.75) is 12.0 Å². The number of likely N-dealkylation sites (tertiary alicyclic amines) is 1. The van der Waals surface area contributed by atoms with E-state index in [1.807, 2.05) is 12.1 Å². The van der Waals surface area contributed by atoms with Crippen molar-refractivity contribution in [1.29, 1.82) is 0 Å². The van der Waals surface area contributed by atoms with Crippen molar-refractivity contribution in [3.8, 4) is 0 Å². The molecule has 1 heterocycles. The first-order chi connectivity index (χ1) is 11.5. The van der Waals surface area contributed by atoms with Gasteiger partial charge in [-0.3, -0.25) is 9.59 Å². The molecule has 2 aromatic carbocycles. The lowest BCUT2D eigenvalue weighted by Gasteiger charge is -2.32. The number of hydrogen-bond acceptors (Lipinski definition) is 3. The lowest BCUT2D eigenvalue weighted by molar-refractivity contribution is -0.147. The van der Waals surface area contributed by atoms with E-state index in [0.717, 1.165) is 0 Å². The second-order valence-corrected chi connectivity index (χ2v) is 6.08. The smallest absolute Gasteiger partial charge is 0.264 e. The normalized spacial score (nSPS) is 17.7. The molecule has 0 spiro atoms. The Bertz CT molecular complexity index is 691. The van der Waals surface area contributed by atoms with Gasteiger partial charge in [-0.25, -0.2) is 0 Å². The van der Waals surface area contributed by atoms with Gasteiger partial charge in [-0.15, -0.1) is 0 Å². The molecule has 1 saturated heterocycles. The van der Waals surface area contributed by atoms with Crippen LogP contribution >= 0.6 is 0 Å². The first kappa shape index (κ1) is 16.2. The summed E-state index contributed by atoms with van der Waals surface area (Å²) in [5, 5.41) is 11.4. The van der Waals surface area contributed by atoms with Gasteiger partial charge in [0.25, 0.3) is 5.91 Å². The van der Waals surface area contributed by atoms with Gasteiger partial charge in [0.1, 0.15) is 0 Å². The fraction of sp³-hybridized carbons (Fsp3) is 0.263. The average molecular weight is 324 g/mol. The van der Waals surface area contributed by atoms with Crippen LogP contribution in [0.1, 0.15) is 17.5 Å². The standard InChI is InChI=1S/C19H20N2O3/c20-17(22)14-11-12-21(13-14)18(23)19(24,15-7-3-1-4-8-15)16-9-5-2-6-10-16/h1-10,14,24H,11-13H2,(H2,20,22). The Morgan fingerprint density at radius 2 is 1.50 bits per heavy atom. The number of amides is 2. The van der Waals surface area contributed by atoms with Crippen LogP contribution in [-0.4, -0.2) is 34.9 Å². The van der Waals surface area contributed by atoms with Crippen LogP contribution in [0.15, 0.2) is 60.7 Å². The third kappa shape index (κ3) is 2.78. The highest BCUT2D eigenvalue weighted by atomic mass is 16.3. The van der Waals surface area contributed by atoms with Gasteiger partial charge in [0.2, 0.25) is 5.91 Å². The Morgan fingerprint density at radius 1 is 1.00 bits per heavy atom. The topological polar surface area (TPSA) is 83.6 Å². The van der Waals surface area contributed by atoms with Gasteiger partial charge < -0.3 is 15.7 Å². The van der Waals surface area contributed by atoms with E-state index in [0.29, 0.717) is 24.1 Å². The molecule has 0 saturated carbocycles. The summed E-state index contributed by atoms with van der Waals surface area (Å²) in [7, 11) is 0. The molecule has 0 radical (unpaired) electrons. The average Bonchev–Trinajstić information content (AvgIpc) is 3.12. The molecule has 1 aliphatic rings. The van der Waals surface area contributed by atoms with Gasteiger partial charge in [0.05, 0.1) is 5.92 Å². The van der Waals surface area contributed by atoms with Crippen LogP contribution in [0.5, 0.6) is 0 Å². The molecule has 1 aliphatic heterocycles. The van der Waals surface area contributed by atoms with Crippen molar-refractivity contribution >= 4 is 11.8 Å². The van der Waals surface area contributed by atoms with Gasteiger partial charge in [-0.1, -0.05) is 60.7 Å². The molecule has 1 atom stereocenters. The summed E-state index contributed by atoms with van der Waals surface area (Å²) >= 11 is 0. The number of nitrogens with two attached hydrogens (primary N) is 1. The maximum absolute atomic E-state index is 13.2. The molecule has 2 amide bonds. The number of nitrogens with zero attached hydrogens (tertiary/aromatic N) is 1. The molecular weight excluding hydrogens is 304 g/mol. The molecule has 0 bridgehead atoms. The van der Waals surface area contributed by atoms with E-state index >= 15 is 0 Å². The highest BCUT2D eigenvalue weighted by molar-refractivity contribution is 5.91. The summed E-state index contributed by atoms with van der Waals surface area (Å²) in [6, 6.07) is 17.7. The van der Waals surface area contributed by atoms with Crippen molar-refractivity contribution in [1.82, 2.24) is 4.90 Å². The minimum atomic E-state index is -1.78. The fourth-order valence-corrected chi connectivity index (χ4v) is 3.18. The van der Waals surface area contributed by atoms with Crippen molar-refractivity contribution in [2.24, 2.45) is 11.7 Å². The molecule has 5 heteroatoms. The van der Waals surface area contributed by atoms with Gasteiger partial charge in [-0.05, 0) is 17.5 Å². The highest BCUT2D eigenvalue weighted by Crippen LogP contribution is 2.33. The predicted molar refractivity (Wildman–Crippen MR) is 89.8 cm³/mol. The highest BCUT2D eigenvalue weighted by Gasteiger charge is 2.44. The van der Waals surface area contributed by atoms with Crippen LogP contribution < -0.4 is 5.73 Å². The Hall–Kier alpha value is -2.66. The summed E-state index contributed by atoms with van der Waals surface area (Å²) < 4.78 is 0. The molecule has 1 unspecified atom stereocenters. The number of hydrogen-bond donors (Lipinski definition) is 2. The number of carbonyl (C=O) groups is 2. The molecule has 3 rings (SSSR count). The van der Waals surface area contributed by atoms with Crippen molar-refractivity contribution in [3.05, 3.63) is 71.8 Å². The molecule has 0 aliphatic carbocycles. The number of benzene rings is 2. The van der Waals surface area contributed by atoms with Gasteiger partial charge in [-0.2, -0.15) is 0 Å². The molecule has 1 fully saturated rings. The molecule has 0 aromatic heterocycles. The van der Waals surface area contributed by atoms with Crippen LogP contribution in [-0.2, 0) is 15.2 Å². The molecule has 3 N–H and O–H groups in total. The van der Waals surface area contributed by atoms with Gasteiger partial charge >= 0.3 is 0 Å². The summed E-state index contributed by atoms with van der Waals surface area (Å²) in [4.78, 5) is 26.1. The number of rotatable bonds is 4.